The number of halogens is 1. The Bertz CT molecular complexity index is 1200. The first-order valence-electron chi connectivity index (χ1n) is 13.9. The molecular formula is C29H37ClN6O. The predicted octanol–water partition coefficient (Wildman–Crippen LogP) is 4.06. The molecule has 2 aromatic rings. The first-order valence-corrected chi connectivity index (χ1v) is 14.3. The number of nitrogens with one attached hydrogen (secondary N) is 1. The maximum absolute atomic E-state index is 9.28. The molecule has 7 nitrogen and oxygen atoms in total. The van der Waals surface area contributed by atoms with Gasteiger partial charge in [0.15, 0.2) is 0 Å². The molecule has 4 aliphatic rings. The summed E-state index contributed by atoms with van der Waals surface area (Å²) >= 11 is 6.67. The minimum absolute atomic E-state index is 0.0762. The predicted molar refractivity (Wildman–Crippen MR) is 146 cm³/mol. The van der Waals surface area contributed by atoms with Gasteiger partial charge in [-0.1, -0.05) is 23.7 Å². The Balaban J connectivity index is 1.35. The van der Waals surface area contributed by atoms with E-state index in [9.17, 15) is 5.26 Å². The lowest BCUT2D eigenvalue weighted by atomic mass is 9.62. The molecule has 1 unspecified atom stereocenters. The van der Waals surface area contributed by atoms with Crippen molar-refractivity contribution in [2.45, 2.75) is 75.3 Å². The summed E-state index contributed by atoms with van der Waals surface area (Å²) in [6.07, 6.45) is 9.20. The van der Waals surface area contributed by atoms with E-state index in [4.69, 9.17) is 26.3 Å². The molecule has 2 aliphatic carbocycles. The molecule has 3 atom stereocenters. The van der Waals surface area contributed by atoms with Gasteiger partial charge in [-0.2, -0.15) is 15.2 Å². The molecule has 3 heterocycles. The number of piperazine rings is 1. The number of nitriles is 1. The van der Waals surface area contributed by atoms with Crippen molar-refractivity contribution in [3.8, 4) is 12.1 Å². The Labute approximate surface area is 225 Å². The van der Waals surface area contributed by atoms with Crippen LogP contribution < -0.4 is 15.0 Å². The van der Waals surface area contributed by atoms with Crippen LogP contribution in [0.3, 0.4) is 0 Å². The van der Waals surface area contributed by atoms with Gasteiger partial charge in [-0.05, 0) is 82.2 Å². The van der Waals surface area contributed by atoms with E-state index in [2.05, 4.69) is 40.4 Å². The third-order valence-corrected chi connectivity index (χ3v) is 9.51. The molecule has 2 saturated heterocycles. The molecule has 1 aromatic heterocycles. The van der Waals surface area contributed by atoms with Gasteiger partial charge in [-0.15, -0.1) is 0 Å². The van der Waals surface area contributed by atoms with Crippen LogP contribution >= 0.6 is 11.6 Å². The zero-order chi connectivity index (χ0) is 25.4. The van der Waals surface area contributed by atoms with Crippen LogP contribution in [0.2, 0.25) is 5.02 Å². The van der Waals surface area contributed by atoms with Gasteiger partial charge in [0.25, 0.3) is 0 Å². The standard InChI is InChI=1S/C29H37ClN6O/c1-35-15-4-5-21(35)19-37-28-33-26-17-29(11-3-6-22-24(29)7-2-8-25(22)30)12-9-23(26)27(34-28)36-16-14-32-20(18-36)10-13-31/h2,7-8,20-21,32H,3-6,9-12,14-19H2,1H3/t20-,21-,29?/m0/s1. The number of aromatic nitrogens is 2. The molecule has 0 amide bonds. The van der Waals surface area contributed by atoms with Gasteiger partial charge in [-0.3, -0.25) is 0 Å². The second-order valence-electron chi connectivity index (χ2n) is 11.4. The van der Waals surface area contributed by atoms with Gasteiger partial charge in [0.05, 0.1) is 18.2 Å². The Morgan fingerprint density at radius 3 is 2.95 bits per heavy atom. The number of nitrogens with zero attached hydrogens (tertiary/aromatic N) is 5. The summed E-state index contributed by atoms with van der Waals surface area (Å²) in [5, 5.41) is 13.7. The van der Waals surface area contributed by atoms with Gasteiger partial charge in [-0.25, -0.2) is 0 Å². The largest absolute Gasteiger partial charge is 0.462 e. The highest BCUT2D eigenvalue weighted by molar-refractivity contribution is 6.31. The third kappa shape index (κ3) is 4.80. The highest BCUT2D eigenvalue weighted by Crippen LogP contribution is 2.48. The summed E-state index contributed by atoms with van der Waals surface area (Å²) in [5.74, 6) is 1.01. The van der Waals surface area contributed by atoms with Crippen molar-refractivity contribution >= 4 is 17.4 Å². The van der Waals surface area contributed by atoms with Crippen LogP contribution in [-0.4, -0.2) is 66.8 Å². The number of ether oxygens (including phenoxy) is 1. The maximum atomic E-state index is 9.28. The average molecular weight is 521 g/mol. The van der Waals surface area contributed by atoms with Crippen molar-refractivity contribution in [2.75, 3.05) is 44.7 Å². The Morgan fingerprint density at radius 2 is 2.11 bits per heavy atom. The first kappa shape index (κ1) is 24.9. The molecule has 1 spiro atoms. The highest BCUT2D eigenvalue weighted by Gasteiger charge is 2.42. The first-order chi connectivity index (χ1) is 18.1. The molecule has 1 aromatic carbocycles. The lowest BCUT2D eigenvalue weighted by Gasteiger charge is -2.44. The number of likely N-dealkylation sites (N-methyl/N-ethyl adjacent to an activating group) is 1. The SMILES string of the molecule is CN1CCC[C@H]1COc1nc2c(c(N3CCN[C@@H](CC#N)C3)n1)CCC1(CCCc3c(Cl)cccc31)C2. The average Bonchev–Trinajstić information content (AvgIpc) is 3.32. The van der Waals surface area contributed by atoms with Crippen molar-refractivity contribution in [1.82, 2.24) is 20.2 Å². The fourth-order valence-electron chi connectivity index (χ4n) is 7.11. The number of likely N-dealkylation sites (tertiary alicyclic amines) is 1. The second-order valence-corrected chi connectivity index (χ2v) is 11.8. The summed E-state index contributed by atoms with van der Waals surface area (Å²) in [4.78, 5) is 14.8. The van der Waals surface area contributed by atoms with Crippen molar-refractivity contribution in [3.05, 3.63) is 45.6 Å². The molecule has 8 heteroatoms. The molecule has 0 bridgehead atoms. The minimum Gasteiger partial charge on any atom is -0.462 e. The molecule has 2 fully saturated rings. The quantitative estimate of drug-likeness (QED) is 0.637. The highest BCUT2D eigenvalue weighted by atomic mass is 35.5. The molecule has 37 heavy (non-hydrogen) atoms. The normalized spacial score (nSPS) is 27.5. The molecule has 6 rings (SSSR count). The van der Waals surface area contributed by atoms with E-state index in [1.54, 1.807) is 0 Å². The van der Waals surface area contributed by atoms with Crippen molar-refractivity contribution in [2.24, 2.45) is 0 Å². The van der Waals surface area contributed by atoms with Crippen LogP contribution in [0.25, 0.3) is 0 Å². The molecule has 2 aliphatic heterocycles. The van der Waals surface area contributed by atoms with Crippen molar-refractivity contribution < 1.29 is 4.74 Å². The van der Waals surface area contributed by atoms with Crippen LogP contribution in [-0.2, 0) is 24.7 Å². The maximum Gasteiger partial charge on any atom is 0.318 e. The number of anilines is 1. The van der Waals surface area contributed by atoms with Crippen LogP contribution in [0.5, 0.6) is 6.01 Å². The minimum atomic E-state index is 0.0762. The monoisotopic (exact) mass is 520 g/mol. The Kier molecular flexibility index (Phi) is 7.00. The smallest absolute Gasteiger partial charge is 0.318 e. The van der Waals surface area contributed by atoms with Crippen LogP contribution in [0.1, 0.15) is 60.9 Å². The zero-order valence-electron chi connectivity index (χ0n) is 21.8. The Hall–Kier alpha value is -2.40. The van der Waals surface area contributed by atoms with E-state index in [0.717, 1.165) is 81.2 Å². The molecule has 0 radical (unpaired) electrons. The summed E-state index contributed by atoms with van der Waals surface area (Å²) in [6.45, 7) is 4.25. The zero-order valence-corrected chi connectivity index (χ0v) is 22.6. The van der Waals surface area contributed by atoms with Crippen molar-refractivity contribution in [1.29, 1.82) is 5.26 Å². The topological polar surface area (TPSA) is 77.3 Å². The molecule has 0 saturated carbocycles. The summed E-state index contributed by atoms with van der Waals surface area (Å²) in [7, 11) is 2.17. The van der Waals surface area contributed by atoms with Crippen LogP contribution in [0.4, 0.5) is 5.82 Å². The number of benzene rings is 1. The summed E-state index contributed by atoms with van der Waals surface area (Å²) in [6, 6.07) is 9.84. The van der Waals surface area contributed by atoms with Gasteiger partial charge in [0.2, 0.25) is 0 Å². The number of fused-ring (bicyclic) bond motifs is 3. The molecule has 1 N–H and O–H groups in total. The number of hydrogen-bond acceptors (Lipinski definition) is 7. The van der Waals surface area contributed by atoms with E-state index < -0.39 is 0 Å². The third-order valence-electron chi connectivity index (χ3n) is 9.15. The Morgan fingerprint density at radius 1 is 1.19 bits per heavy atom. The fourth-order valence-corrected chi connectivity index (χ4v) is 7.38. The van der Waals surface area contributed by atoms with E-state index in [0.29, 0.717) is 25.1 Å². The van der Waals surface area contributed by atoms with Gasteiger partial charge in [0, 0.05) is 47.7 Å². The van der Waals surface area contributed by atoms with E-state index in [-0.39, 0.29) is 11.5 Å². The lowest BCUT2D eigenvalue weighted by molar-refractivity contribution is 0.186. The van der Waals surface area contributed by atoms with E-state index in [1.807, 2.05) is 6.07 Å². The van der Waals surface area contributed by atoms with Gasteiger partial charge >= 0.3 is 6.01 Å². The lowest BCUT2D eigenvalue weighted by Crippen LogP contribution is -2.51. The number of rotatable bonds is 5. The van der Waals surface area contributed by atoms with E-state index >= 15 is 0 Å². The van der Waals surface area contributed by atoms with Crippen LogP contribution in [0, 0.1) is 11.3 Å². The van der Waals surface area contributed by atoms with E-state index in [1.165, 1.54) is 29.5 Å². The summed E-state index contributed by atoms with van der Waals surface area (Å²) < 4.78 is 6.32. The van der Waals surface area contributed by atoms with Gasteiger partial charge < -0.3 is 19.9 Å². The van der Waals surface area contributed by atoms with Crippen molar-refractivity contribution in [3.63, 3.8) is 0 Å². The summed E-state index contributed by atoms with van der Waals surface area (Å²) in [5.41, 5.74) is 5.22. The molecule has 196 valence electrons. The van der Waals surface area contributed by atoms with Crippen LogP contribution in [0.15, 0.2) is 18.2 Å². The van der Waals surface area contributed by atoms with Gasteiger partial charge in [0.1, 0.15) is 12.4 Å². The fraction of sp³-hybridized carbons (Fsp3) is 0.621. The molecular weight excluding hydrogens is 484 g/mol. The second kappa shape index (κ2) is 10.4. The number of hydrogen-bond donors (Lipinski definition) is 1.